The fourth-order valence-electron chi connectivity index (χ4n) is 4.25. The number of carbonyl (C=O) groups is 1. The van der Waals surface area contributed by atoms with Crippen LogP contribution in [0.3, 0.4) is 0 Å². The van der Waals surface area contributed by atoms with Crippen molar-refractivity contribution in [2.45, 2.75) is 103 Å². The topological polar surface area (TPSA) is 61.3 Å². The number of aromatic nitrogens is 2. The lowest BCUT2D eigenvalue weighted by Gasteiger charge is -2.28. The Morgan fingerprint density at radius 3 is 2.15 bits per heavy atom. The minimum absolute atomic E-state index is 0.0129. The molecule has 33 heavy (non-hydrogen) atoms. The maximum absolute atomic E-state index is 12.6. The van der Waals surface area contributed by atoms with Crippen molar-refractivity contribution in [2.24, 2.45) is 0 Å². The van der Waals surface area contributed by atoms with E-state index in [4.69, 9.17) is 9.47 Å². The van der Waals surface area contributed by atoms with Gasteiger partial charge in [-0.2, -0.15) is 0 Å². The summed E-state index contributed by atoms with van der Waals surface area (Å²) in [7, 11) is 0. The lowest BCUT2D eigenvalue weighted by atomic mass is 9.95. The highest BCUT2D eigenvalue weighted by atomic mass is 16.5. The van der Waals surface area contributed by atoms with Gasteiger partial charge in [-0.05, 0) is 62.6 Å². The first-order chi connectivity index (χ1) is 16.2. The molecule has 180 valence electrons. The van der Waals surface area contributed by atoms with E-state index in [0.717, 1.165) is 57.1 Å². The summed E-state index contributed by atoms with van der Waals surface area (Å²) in [6.45, 7) is 5.24. The zero-order chi connectivity index (χ0) is 23.3. The van der Waals surface area contributed by atoms with Gasteiger partial charge in [-0.1, -0.05) is 58.1 Å². The van der Waals surface area contributed by atoms with Crippen LogP contribution in [0.2, 0.25) is 0 Å². The van der Waals surface area contributed by atoms with Gasteiger partial charge in [-0.15, -0.1) is 0 Å². The van der Waals surface area contributed by atoms with Gasteiger partial charge in [0.2, 0.25) is 0 Å². The average Bonchev–Trinajstić information content (AvgIpc) is 2.86. The highest BCUT2D eigenvalue weighted by Crippen LogP contribution is 2.25. The third-order valence-corrected chi connectivity index (χ3v) is 6.40. The van der Waals surface area contributed by atoms with Crippen molar-refractivity contribution in [1.29, 1.82) is 0 Å². The Morgan fingerprint density at radius 2 is 1.48 bits per heavy atom. The van der Waals surface area contributed by atoms with Crippen LogP contribution in [0.4, 0.5) is 0 Å². The Balaban J connectivity index is 1.43. The van der Waals surface area contributed by atoms with Crippen LogP contribution in [0.25, 0.3) is 11.4 Å². The zero-order valence-corrected chi connectivity index (χ0v) is 20.4. The Morgan fingerprint density at radius 1 is 0.848 bits per heavy atom. The first-order valence-electron chi connectivity index (χ1n) is 12.9. The summed E-state index contributed by atoms with van der Waals surface area (Å²) in [5.74, 6) is 0.433. The Kier molecular flexibility index (Phi) is 10.8. The number of esters is 1. The van der Waals surface area contributed by atoms with Gasteiger partial charge in [0.15, 0.2) is 5.82 Å². The minimum Gasteiger partial charge on any atom is -0.459 e. The highest BCUT2D eigenvalue weighted by molar-refractivity contribution is 5.90. The number of ether oxygens (including phenoxy) is 2. The van der Waals surface area contributed by atoms with Crippen LogP contribution in [-0.4, -0.2) is 34.8 Å². The molecular formula is C28H40N2O3. The molecule has 1 heterocycles. The van der Waals surface area contributed by atoms with E-state index < -0.39 is 0 Å². The highest BCUT2D eigenvalue weighted by Gasteiger charge is 2.24. The summed E-state index contributed by atoms with van der Waals surface area (Å²) in [6, 6.07) is 7.41. The molecule has 1 aromatic heterocycles. The van der Waals surface area contributed by atoms with Crippen LogP contribution in [0.5, 0.6) is 0 Å². The predicted octanol–water partition coefficient (Wildman–Crippen LogP) is 6.94. The van der Waals surface area contributed by atoms with Gasteiger partial charge < -0.3 is 9.47 Å². The van der Waals surface area contributed by atoms with Crippen LogP contribution >= 0.6 is 0 Å². The molecule has 0 atom stereocenters. The fraction of sp³-hybridized carbons (Fsp3) is 0.607. The van der Waals surface area contributed by atoms with Crippen molar-refractivity contribution in [1.82, 2.24) is 9.97 Å². The second-order valence-electron chi connectivity index (χ2n) is 9.18. The lowest BCUT2D eigenvalue weighted by molar-refractivity contribution is -0.0201. The van der Waals surface area contributed by atoms with Gasteiger partial charge in [-0.3, -0.25) is 0 Å². The molecule has 1 aromatic carbocycles. The molecule has 5 heteroatoms. The smallest absolute Gasteiger partial charge is 0.338 e. The van der Waals surface area contributed by atoms with Crippen LogP contribution in [-0.2, 0) is 15.9 Å². The fourth-order valence-corrected chi connectivity index (χ4v) is 4.25. The lowest BCUT2D eigenvalue weighted by Crippen LogP contribution is -2.28. The molecule has 2 aromatic rings. The van der Waals surface area contributed by atoms with E-state index in [1.165, 1.54) is 37.7 Å². The molecule has 0 radical (unpaired) electrons. The van der Waals surface area contributed by atoms with E-state index in [0.29, 0.717) is 17.5 Å². The van der Waals surface area contributed by atoms with Gasteiger partial charge in [0.25, 0.3) is 0 Å². The quantitative estimate of drug-likeness (QED) is 0.243. The third kappa shape index (κ3) is 8.54. The molecule has 0 saturated heterocycles. The largest absolute Gasteiger partial charge is 0.459 e. The molecule has 0 aliphatic heterocycles. The second-order valence-corrected chi connectivity index (χ2v) is 9.18. The molecule has 0 bridgehead atoms. The molecule has 1 aliphatic carbocycles. The van der Waals surface area contributed by atoms with Gasteiger partial charge in [-0.25, -0.2) is 14.8 Å². The predicted molar refractivity (Wildman–Crippen MR) is 132 cm³/mol. The SMILES string of the molecule is CCCCCCCc1cnc(-c2ccc(C(=O)O[C@H]3CC[C@H](OCCCC)CC3)cc2)nc1. The van der Waals surface area contributed by atoms with Crippen molar-refractivity contribution in [3.8, 4) is 11.4 Å². The van der Waals surface area contributed by atoms with Gasteiger partial charge in [0.1, 0.15) is 6.10 Å². The zero-order valence-electron chi connectivity index (χ0n) is 20.4. The maximum atomic E-state index is 12.6. The molecule has 0 N–H and O–H groups in total. The monoisotopic (exact) mass is 452 g/mol. The molecule has 0 unspecified atom stereocenters. The van der Waals surface area contributed by atoms with Crippen molar-refractivity contribution >= 4 is 5.97 Å². The van der Waals surface area contributed by atoms with E-state index in [2.05, 4.69) is 23.8 Å². The van der Waals surface area contributed by atoms with Gasteiger partial charge in [0.05, 0.1) is 11.7 Å². The van der Waals surface area contributed by atoms with Crippen molar-refractivity contribution < 1.29 is 14.3 Å². The number of carbonyl (C=O) groups excluding carboxylic acids is 1. The van der Waals surface area contributed by atoms with Gasteiger partial charge in [0, 0.05) is 24.6 Å². The molecule has 1 saturated carbocycles. The summed E-state index contributed by atoms with van der Waals surface area (Å²) in [4.78, 5) is 21.6. The third-order valence-electron chi connectivity index (χ3n) is 6.40. The number of unbranched alkanes of at least 4 members (excludes halogenated alkanes) is 5. The Hall–Kier alpha value is -2.27. The number of nitrogens with zero attached hydrogens (tertiary/aromatic N) is 2. The molecular weight excluding hydrogens is 412 g/mol. The standard InChI is InChI=1S/C28H40N2O3/c1-3-5-7-8-9-10-22-20-29-27(30-21-22)23-11-13-24(14-12-23)28(31)33-26-17-15-25(16-18-26)32-19-6-4-2/h11-14,20-21,25-26H,3-10,15-19H2,1-2H3/t25-,26-. The number of rotatable bonds is 13. The summed E-state index contributed by atoms with van der Waals surface area (Å²) in [5.41, 5.74) is 2.66. The van der Waals surface area contributed by atoms with E-state index in [1.807, 2.05) is 36.7 Å². The van der Waals surface area contributed by atoms with Crippen molar-refractivity contribution in [3.05, 3.63) is 47.8 Å². The summed E-state index contributed by atoms with van der Waals surface area (Å²) >= 11 is 0. The van der Waals surface area contributed by atoms with E-state index >= 15 is 0 Å². The van der Waals surface area contributed by atoms with E-state index in [1.54, 1.807) is 0 Å². The van der Waals surface area contributed by atoms with Crippen LogP contribution < -0.4 is 0 Å². The van der Waals surface area contributed by atoms with Crippen LogP contribution in [0.1, 0.15) is 100 Å². The average molecular weight is 453 g/mol. The second kappa shape index (κ2) is 14.1. The van der Waals surface area contributed by atoms with Crippen LogP contribution in [0.15, 0.2) is 36.7 Å². The maximum Gasteiger partial charge on any atom is 0.338 e. The van der Waals surface area contributed by atoms with Crippen LogP contribution in [0, 0.1) is 0 Å². The molecule has 0 amide bonds. The number of hydrogen-bond donors (Lipinski definition) is 0. The minimum atomic E-state index is -0.253. The normalized spacial score (nSPS) is 18.2. The Bertz CT molecular complexity index is 812. The first-order valence-corrected chi connectivity index (χ1v) is 12.9. The molecule has 5 nitrogen and oxygen atoms in total. The summed E-state index contributed by atoms with van der Waals surface area (Å²) in [6.07, 6.45) is 17.5. The molecule has 0 spiro atoms. The van der Waals surface area contributed by atoms with Crippen molar-refractivity contribution in [3.63, 3.8) is 0 Å². The number of hydrogen-bond acceptors (Lipinski definition) is 5. The Labute approximate surface area is 199 Å². The molecule has 3 rings (SSSR count). The van der Waals surface area contributed by atoms with E-state index in [9.17, 15) is 4.79 Å². The molecule has 1 fully saturated rings. The van der Waals surface area contributed by atoms with Crippen molar-refractivity contribution in [2.75, 3.05) is 6.61 Å². The first kappa shape index (κ1) is 25.4. The number of aryl methyl sites for hydroxylation is 1. The number of benzene rings is 1. The summed E-state index contributed by atoms with van der Waals surface area (Å²) in [5, 5.41) is 0. The van der Waals surface area contributed by atoms with E-state index in [-0.39, 0.29) is 12.1 Å². The summed E-state index contributed by atoms with van der Waals surface area (Å²) < 4.78 is 11.7. The van der Waals surface area contributed by atoms with Gasteiger partial charge >= 0.3 is 5.97 Å². The molecule has 1 aliphatic rings.